The summed E-state index contributed by atoms with van der Waals surface area (Å²) < 4.78 is 11.8. The van der Waals surface area contributed by atoms with Crippen molar-refractivity contribution in [3.63, 3.8) is 0 Å². The number of hydrogen-bond donors (Lipinski definition) is 0. The second-order valence-electron chi connectivity index (χ2n) is 6.29. The molecule has 1 aromatic carbocycles. The average Bonchev–Trinajstić information content (AvgIpc) is 2.88. The fourth-order valence-electron chi connectivity index (χ4n) is 3.07. The Morgan fingerprint density at radius 3 is 2.90 bits per heavy atom. The molecule has 5 heteroatoms. The monoisotopic (exact) mass is 353 g/mol. The van der Waals surface area contributed by atoms with Crippen molar-refractivity contribution in [1.82, 2.24) is 4.90 Å². The number of ether oxygens (including phenoxy) is 2. The molecule has 2 heterocycles. The molecule has 0 N–H and O–H groups in total. The molecular formula is C16H20BrNO3. The maximum absolute atomic E-state index is 12.7. The van der Waals surface area contributed by atoms with Crippen molar-refractivity contribution in [2.45, 2.75) is 38.1 Å². The van der Waals surface area contributed by atoms with E-state index in [-0.39, 0.29) is 17.6 Å². The van der Waals surface area contributed by atoms with Crippen molar-refractivity contribution in [2.24, 2.45) is 0 Å². The van der Waals surface area contributed by atoms with Crippen LogP contribution >= 0.6 is 15.9 Å². The molecule has 0 radical (unpaired) electrons. The van der Waals surface area contributed by atoms with Crippen LogP contribution in [0, 0.1) is 0 Å². The number of rotatable bonds is 2. The summed E-state index contributed by atoms with van der Waals surface area (Å²) in [6.07, 6.45) is 0.292. The standard InChI is InChI=1S/C16H20BrNO3/c1-16(2)10-18(9-12(8-17)21-16)15(19)14-7-11-5-3-4-6-13(11)20-14/h3-6,12,14H,7-10H2,1-2H3. The fraction of sp³-hybridized carbons (Fsp3) is 0.562. The number of carbonyl (C=O) groups is 1. The summed E-state index contributed by atoms with van der Waals surface area (Å²) in [6, 6.07) is 7.86. The maximum Gasteiger partial charge on any atom is 0.264 e. The lowest BCUT2D eigenvalue weighted by Crippen LogP contribution is -2.57. The summed E-state index contributed by atoms with van der Waals surface area (Å²) in [4.78, 5) is 14.6. The van der Waals surface area contributed by atoms with E-state index >= 15 is 0 Å². The highest BCUT2D eigenvalue weighted by Crippen LogP contribution is 2.30. The van der Waals surface area contributed by atoms with E-state index in [2.05, 4.69) is 15.9 Å². The smallest absolute Gasteiger partial charge is 0.264 e. The van der Waals surface area contributed by atoms with Gasteiger partial charge in [-0.2, -0.15) is 0 Å². The quantitative estimate of drug-likeness (QED) is 0.766. The molecule has 0 aromatic heterocycles. The minimum atomic E-state index is -0.396. The molecule has 1 saturated heterocycles. The lowest BCUT2D eigenvalue weighted by atomic mass is 10.0. The molecule has 3 rings (SSSR count). The van der Waals surface area contributed by atoms with E-state index < -0.39 is 6.10 Å². The number of alkyl halides is 1. The van der Waals surface area contributed by atoms with Crippen LogP contribution in [-0.4, -0.2) is 47.0 Å². The second-order valence-corrected chi connectivity index (χ2v) is 6.94. The number of para-hydroxylation sites is 1. The van der Waals surface area contributed by atoms with Gasteiger partial charge in [-0.3, -0.25) is 4.79 Å². The highest BCUT2D eigenvalue weighted by molar-refractivity contribution is 9.09. The summed E-state index contributed by atoms with van der Waals surface area (Å²) in [5.41, 5.74) is 0.790. The van der Waals surface area contributed by atoms with E-state index in [1.54, 1.807) is 0 Å². The van der Waals surface area contributed by atoms with Crippen molar-refractivity contribution in [3.8, 4) is 5.75 Å². The van der Waals surface area contributed by atoms with Crippen LogP contribution < -0.4 is 4.74 Å². The molecule has 0 bridgehead atoms. The third-order valence-electron chi connectivity index (χ3n) is 3.89. The average molecular weight is 354 g/mol. The minimum Gasteiger partial charge on any atom is -0.480 e. The van der Waals surface area contributed by atoms with Crippen LogP contribution in [0.2, 0.25) is 0 Å². The number of fused-ring (bicyclic) bond motifs is 1. The van der Waals surface area contributed by atoms with Gasteiger partial charge in [0.25, 0.3) is 5.91 Å². The molecule has 0 aliphatic carbocycles. The number of carbonyl (C=O) groups excluding carboxylic acids is 1. The van der Waals surface area contributed by atoms with Gasteiger partial charge in [-0.05, 0) is 25.5 Å². The maximum atomic E-state index is 12.7. The first-order valence-electron chi connectivity index (χ1n) is 7.25. The third-order valence-corrected chi connectivity index (χ3v) is 4.61. The van der Waals surface area contributed by atoms with Gasteiger partial charge in [0, 0.05) is 24.8 Å². The van der Waals surface area contributed by atoms with E-state index in [9.17, 15) is 4.79 Å². The summed E-state index contributed by atoms with van der Waals surface area (Å²) in [5, 5.41) is 0.728. The predicted octanol–water partition coefficient (Wildman–Crippen LogP) is 2.39. The van der Waals surface area contributed by atoms with Gasteiger partial charge in [0.1, 0.15) is 5.75 Å². The number of morpholine rings is 1. The van der Waals surface area contributed by atoms with Crippen LogP contribution in [0.3, 0.4) is 0 Å². The normalized spacial score (nSPS) is 27.1. The third kappa shape index (κ3) is 3.09. The van der Waals surface area contributed by atoms with Gasteiger partial charge in [0.2, 0.25) is 0 Å². The molecule has 0 saturated carbocycles. The van der Waals surface area contributed by atoms with Crippen LogP contribution in [0.1, 0.15) is 19.4 Å². The molecule has 1 fully saturated rings. The molecule has 21 heavy (non-hydrogen) atoms. The Balaban J connectivity index is 1.71. The molecule has 4 nitrogen and oxygen atoms in total. The van der Waals surface area contributed by atoms with Gasteiger partial charge in [-0.15, -0.1) is 0 Å². The van der Waals surface area contributed by atoms with E-state index in [1.165, 1.54) is 0 Å². The number of nitrogens with zero attached hydrogens (tertiary/aromatic N) is 1. The molecule has 114 valence electrons. The Hall–Kier alpha value is -1.07. The summed E-state index contributed by atoms with van der Waals surface area (Å²) in [5.74, 6) is 0.897. The Kier molecular flexibility index (Phi) is 3.97. The molecule has 2 aliphatic rings. The van der Waals surface area contributed by atoms with E-state index in [4.69, 9.17) is 9.47 Å². The van der Waals surface area contributed by atoms with Crippen molar-refractivity contribution in [1.29, 1.82) is 0 Å². The van der Waals surface area contributed by atoms with Gasteiger partial charge >= 0.3 is 0 Å². The molecule has 1 aromatic rings. The highest BCUT2D eigenvalue weighted by atomic mass is 79.9. The van der Waals surface area contributed by atoms with Crippen LogP contribution in [0.25, 0.3) is 0 Å². The number of amides is 1. The Bertz CT molecular complexity index is 521. The first-order valence-corrected chi connectivity index (χ1v) is 8.38. The zero-order chi connectivity index (χ0) is 15.0. The Morgan fingerprint density at radius 1 is 1.43 bits per heavy atom. The molecule has 0 spiro atoms. The van der Waals surface area contributed by atoms with E-state index in [0.29, 0.717) is 19.5 Å². The van der Waals surface area contributed by atoms with Gasteiger partial charge in [0.05, 0.1) is 11.7 Å². The minimum absolute atomic E-state index is 0.0291. The first-order chi connectivity index (χ1) is 9.98. The number of benzene rings is 1. The van der Waals surface area contributed by atoms with Crippen molar-refractivity contribution in [3.05, 3.63) is 29.8 Å². The van der Waals surface area contributed by atoms with Gasteiger partial charge < -0.3 is 14.4 Å². The van der Waals surface area contributed by atoms with Crippen LogP contribution in [-0.2, 0) is 16.0 Å². The van der Waals surface area contributed by atoms with E-state index in [1.807, 2.05) is 43.0 Å². The fourth-order valence-corrected chi connectivity index (χ4v) is 3.40. The Labute approximate surface area is 133 Å². The lowest BCUT2D eigenvalue weighted by Gasteiger charge is -2.42. The van der Waals surface area contributed by atoms with E-state index in [0.717, 1.165) is 16.6 Å². The van der Waals surface area contributed by atoms with Crippen LogP contribution in [0.5, 0.6) is 5.75 Å². The topological polar surface area (TPSA) is 38.8 Å². The van der Waals surface area contributed by atoms with Crippen molar-refractivity contribution < 1.29 is 14.3 Å². The zero-order valence-corrected chi connectivity index (χ0v) is 13.9. The molecule has 2 unspecified atom stereocenters. The number of hydrogen-bond acceptors (Lipinski definition) is 3. The Morgan fingerprint density at radius 2 is 2.19 bits per heavy atom. The van der Waals surface area contributed by atoms with Crippen molar-refractivity contribution in [2.75, 3.05) is 18.4 Å². The van der Waals surface area contributed by atoms with Gasteiger partial charge in [-0.25, -0.2) is 0 Å². The summed E-state index contributed by atoms with van der Waals surface area (Å²) in [6.45, 7) is 5.26. The summed E-state index contributed by atoms with van der Waals surface area (Å²) >= 11 is 3.45. The largest absolute Gasteiger partial charge is 0.480 e. The molecule has 2 atom stereocenters. The molecule has 1 amide bonds. The molecule has 2 aliphatic heterocycles. The SMILES string of the molecule is CC1(C)CN(C(=O)C2Cc3ccccc3O2)CC(CBr)O1. The molecular weight excluding hydrogens is 334 g/mol. The zero-order valence-electron chi connectivity index (χ0n) is 12.3. The van der Waals surface area contributed by atoms with Crippen molar-refractivity contribution >= 4 is 21.8 Å². The lowest BCUT2D eigenvalue weighted by molar-refractivity contribution is -0.162. The predicted molar refractivity (Wildman–Crippen MR) is 83.9 cm³/mol. The first kappa shape index (κ1) is 14.9. The number of halogens is 1. The highest BCUT2D eigenvalue weighted by Gasteiger charge is 2.39. The summed E-state index contributed by atoms with van der Waals surface area (Å²) in [7, 11) is 0. The van der Waals surface area contributed by atoms with Gasteiger partial charge in [0.15, 0.2) is 6.10 Å². The van der Waals surface area contributed by atoms with Crippen LogP contribution in [0.4, 0.5) is 0 Å². The van der Waals surface area contributed by atoms with Crippen LogP contribution in [0.15, 0.2) is 24.3 Å². The second kappa shape index (κ2) is 5.61. The van der Waals surface area contributed by atoms with Gasteiger partial charge in [-0.1, -0.05) is 34.1 Å².